The predicted octanol–water partition coefficient (Wildman–Crippen LogP) is 3.76. The molecule has 0 saturated carbocycles. The van der Waals surface area contributed by atoms with E-state index in [-0.39, 0.29) is 17.2 Å². The second-order valence-electron chi connectivity index (χ2n) is 13.0. The Morgan fingerprint density at radius 2 is 1.87 bits per heavy atom. The van der Waals surface area contributed by atoms with Gasteiger partial charge in [-0.05, 0) is 62.6 Å². The molecule has 248 valence electrons. The molecule has 0 radical (unpaired) electrons. The minimum Gasteiger partial charge on any atom is -0.494 e. The van der Waals surface area contributed by atoms with Crippen LogP contribution in [0.5, 0.6) is 5.75 Å². The van der Waals surface area contributed by atoms with Crippen LogP contribution < -0.4 is 30.9 Å². The number of morpholine rings is 1. The Morgan fingerprint density at radius 1 is 1.11 bits per heavy atom. The van der Waals surface area contributed by atoms with Crippen LogP contribution in [0.25, 0.3) is 10.9 Å². The Labute approximate surface area is 271 Å². The maximum Gasteiger partial charge on any atom is 0.247 e. The number of aromatic nitrogens is 2. The van der Waals surface area contributed by atoms with Crippen molar-refractivity contribution in [3.05, 3.63) is 42.7 Å². The maximum absolute atomic E-state index is 13.7. The standard InChI is InChI=1S/C34H48N8O4/c1-23(35-4)20-36-21-34(2,3)19-31(43)42-12-6-7-29(42)33(44)40-28-17-26-27(18-30(28)45-5)37-22-38-32(26)39-24-8-10-25(11-9-24)41-13-15-46-16-14-41/h8-11,17-18,22-23,29,35-36H,6-7,12-16,19-21H2,1-5H3,(H,40,44)(H,37,38,39)/t23-,29-/m0/s1. The van der Waals surface area contributed by atoms with Crippen LogP contribution in [-0.4, -0.2) is 98.9 Å². The van der Waals surface area contributed by atoms with Gasteiger partial charge in [-0.15, -0.1) is 0 Å². The fourth-order valence-electron chi connectivity index (χ4n) is 6.02. The molecule has 2 saturated heterocycles. The van der Waals surface area contributed by atoms with Crippen molar-refractivity contribution >= 4 is 45.6 Å². The lowest BCUT2D eigenvalue weighted by Gasteiger charge is -2.30. The summed E-state index contributed by atoms with van der Waals surface area (Å²) < 4.78 is 11.1. The number of rotatable bonds is 13. The van der Waals surface area contributed by atoms with Crippen LogP contribution in [0.2, 0.25) is 0 Å². The average Bonchev–Trinajstić information content (AvgIpc) is 3.56. The number of ether oxygens (including phenoxy) is 2. The molecule has 2 aliphatic heterocycles. The summed E-state index contributed by atoms with van der Waals surface area (Å²) >= 11 is 0. The lowest BCUT2D eigenvalue weighted by molar-refractivity contribution is -0.138. The Balaban J connectivity index is 1.28. The molecule has 2 aromatic carbocycles. The smallest absolute Gasteiger partial charge is 0.247 e. The largest absolute Gasteiger partial charge is 0.494 e. The first-order chi connectivity index (χ1) is 22.2. The summed E-state index contributed by atoms with van der Waals surface area (Å²) in [4.78, 5) is 40.1. The summed E-state index contributed by atoms with van der Waals surface area (Å²) in [6.45, 7) is 11.6. The van der Waals surface area contributed by atoms with Crippen molar-refractivity contribution in [1.82, 2.24) is 25.5 Å². The fourth-order valence-corrected chi connectivity index (χ4v) is 6.02. The summed E-state index contributed by atoms with van der Waals surface area (Å²) in [5.41, 5.74) is 2.96. The van der Waals surface area contributed by atoms with Gasteiger partial charge in [-0.3, -0.25) is 9.59 Å². The number of carbonyl (C=O) groups excluding carboxylic acids is 2. The van der Waals surface area contributed by atoms with E-state index in [1.807, 2.05) is 25.2 Å². The molecule has 1 aromatic heterocycles. The molecule has 46 heavy (non-hydrogen) atoms. The highest BCUT2D eigenvalue weighted by molar-refractivity contribution is 6.02. The fraction of sp³-hybridized carbons (Fsp3) is 0.529. The quantitative estimate of drug-likeness (QED) is 0.221. The van der Waals surface area contributed by atoms with Crippen molar-refractivity contribution in [3.8, 4) is 5.75 Å². The zero-order chi connectivity index (χ0) is 32.7. The maximum atomic E-state index is 13.7. The van der Waals surface area contributed by atoms with Crippen LogP contribution in [-0.2, 0) is 14.3 Å². The van der Waals surface area contributed by atoms with Crippen LogP contribution in [0, 0.1) is 5.41 Å². The number of nitrogens with zero attached hydrogens (tertiary/aromatic N) is 4. The topological polar surface area (TPSA) is 133 Å². The summed E-state index contributed by atoms with van der Waals surface area (Å²) in [7, 11) is 3.50. The third kappa shape index (κ3) is 8.23. The molecular formula is C34H48N8O4. The van der Waals surface area contributed by atoms with Crippen LogP contribution in [0.15, 0.2) is 42.7 Å². The molecular weight excluding hydrogens is 584 g/mol. The zero-order valence-corrected chi connectivity index (χ0v) is 27.7. The van der Waals surface area contributed by atoms with Crippen molar-refractivity contribution in [2.45, 2.75) is 52.1 Å². The van der Waals surface area contributed by atoms with E-state index in [1.54, 1.807) is 18.1 Å². The minimum absolute atomic E-state index is 0.00360. The Bertz CT molecular complexity index is 1490. The van der Waals surface area contributed by atoms with Gasteiger partial charge in [0.05, 0.1) is 31.5 Å². The highest BCUT2D eigenvalue weighted by atomic mass is 16.5. The second-order valence-corrected chi connectivity index (χ2v) is 13.0. The van der Waals surface area contributed by atoms with Gasteiger partial charge in [0.1, 0.15) is 23.9 Å². The van der Waals surface area contributed by atoms with E-state index in [0.29, 0.717) is 54.7 Å². The van der Waals surface area contributed by atoms with E-state index < -0.39 is 6.04 Å². The van der Waals surface area contributed by atoms with Crippen molar-refractivity contribution in [3.63, 3.8) is 0 Å². The lowest BCUT2D eigenvalue weighted by Crippen LogP contribution is -2.46. The minimum atomic E-state index is -0.546. The number of carbonyl (C=O) groups is 2. The molecule has 2 atom stereocenters. The summed E-state index contributed by atoms with van der Waals surface area (Å²) in [6, 6.07) is 11.6. The van der Waals surface area contributed by atoms with Crippen LogP contribution in [0.3, 0.4) is 0 Å². The van der Waals surface area contributed by atoms with Gasteiger partial charge >= 0.3 is 0 Å². The number of anilines is 4. The molecule has 3 aromatic rings. The monoisotopic (exact) mass is 632 g/mol. The number of methoxy groups -OCH3 is 1. The van der Waals surface area contributed by atoms with E-state index in [9.17, 15) is 9.59 Å². The zero-order valence-electron chi connectivity index (χ0n) is 27.7. The van der Waals surface area contributed by atoms with Crippen molar-refractivity contribution in [2.75, 3.05) is 75.6 Å². The summed E-state index contributed by atoms with van der Waals surface area (Å²) in [5, 5.41) is 13.9. The van der Waals surface area contributed by atoms with Gasteiger partial charge in [0, 0.05) is 68.0 Å². The number of hydrogen-bond acceptors (Lipinski definition) is 10. The first-order valence-corrected chi connectivity index (χ1v) is 16.2. The van der Waals surface area contributed by atoms with E-state index in [4.69, 9.17) is 9.47 Å². The molecule has 0 spiro atoms. The number of amides is 2. The highest BCUT2D eigenvalue weighted by Gasteiger charge is 2.36. The van der Waals surface area contributed by atoms with Crippen LogP contribution >= 0.6 is 0 Å². The molecule has 3 heterocycles. The molecule has 12 nitrogen and oxygen atoms in total. The van der Waals surface area contributed by atoms with E-state index in [0.717, 1.165) is 56.0 Å². The first kappa shape index (κ1) is 33.4. The predicted molar refractivity (Wildman–Crippen MR) is 182 cm³/mol. The van der Waals surface area contributed by atoms with Gasteiger partial charge < -0.3 is 40.5 Å². The summed E-state index contributed by atoms with van der Waals surface area (Å²) in [6.07, 6.45) is 3.26. The van der Waals surface area contributed by atoms with Gasteiger partial charge in [-0.2, -0.15) is 0 Å². The van der Waals surface area contributed by atoms with Gasteiger partial charge in [0.25, 0.3) is 0 Å². The summed E-state index contributed by atoms with van der Waals surface area (Å²) in [5.74, 6) is 0.864. The molecule has 0 aliphatic carbocycles. The second kappa shape index (κ2) is 15.1. The number of hydrogen-bond donors (Lipinski definition) is 4. The number of likely N-dealkylation sites (tertiary alicyclic amines) is 1. The highest BCUT2D eigenvalue weighted by Crippen LogP contribution is 2.34. The molecule has 2 fully saturated rings. The molecule has 2 aliphatic rings. The molecule has 12 heteroatoms. The Hall–Kier alpha value is -4.00. The van der Waals surface area contributed by atoms with Gasteiger partial charge in [-0.1, -0.05) is 13.8 Å². The van der Waals surface area contributed by atoms with E-state index in [1.165, 1.54) is 6.33 Å². The normalized spacial score (nSPS) is 17.6. The molecule has 0 unspecified atom stereocenters. The van der Waals surface area contributed by atoms with Crippen LogP contribution in [0.1, 0.15) is 40.0 Å². The number of nitrogens with one attached hydrogen (secondary N) is 4. The molecule has 2 amide bonds. The van der Waals surface area contributed by atoms with Crippen molar-refractivity contribution in [1.29, 1.82) is 0 Å². The molecule has 4 N–H and O–H groups in total. The Kier molecular flexibility index (Phi) is 10.9. The average molecular weight is 633 g/mol. The molecule has 5 rings (SSSR count). The number of likely N-dealkylation sites (N-methyl/N-ethyl adjacent to an activating group) is 1. The van der Waals surface area contributed by atoms with Gasteiger partial charge in [0.15, 0.2) is 0 Å². The van der Waals surface area contributed by atoms with Gasteiger partial charge in [-0.25, -0.2) is 9.97 Å². The third-order valence-corrected chi connectivity index (χ3v) is 8.77. The van der Waals surface area contributed by atoms with Gasteiger partial charge in [0.2, 0.25) is 11.8 Å². The van der Waals surface area contributed by atoms with E-state index in [2.05, 4.69) is 69.0 Å². The van der Waals surface area contributed by atoms with Crippen LogP contribution in [0.4, 0.5) is 22.9 Å². The lowest BCUT2D eigenvalue weighted by atomic mass is 9.88. The number of fused-ring (bicyclic) bond motifs is 1. The molecule has 0 bridgehead atoms. The third-order valence-electron chi connectivity index (χ3n) is 8.77. The van der Waals surface area contributed by atoms with E-state index >= 15 is 0 Å². The first-order valence-electron chi connectivity index (χ1n) is 16.2. The Morgan fingerprint density at radius 3 is 2.59 bits per heavy atom. The number of benzene rings is 2. The van der Waals surface area contributed by atoms with Crippen molar-refractivity contribution < 1.29 is 19.1 Å². The SMILES string of the molecule is CN[C@@H](C)CNCC(C)(C)CC(=O)N1CCC[C@H]1C(=O)Nc1cc2c(Nc3ccc(N4CCOCC4)cc3)ncnc2cc1OC. The van der Waals surface area contributed by atoms with Crippen molar-refractivity contribution in [2.24, 2.45) is 5.41 Å².